The van der Waals surface area contributed by atoms with Gasteiger partial charge >= 0.3 is 0 Å². The van der Waals surface area contributed by atoms with E-state index in [-0.39, 0.29) is 0 Å². The number of benzene rings is 1. The highest BCUT2D eigenvalue weighted by atomic mass is 35.5. The van der Waals surface area contributed by atoms with Gasteiger partial charge in [0, 0.05) is 19.0 Å². The van der Waals surface area contributed by atoms with Crippen molar-refractivity contribution in [2.24, 2.45) is 5.41 Å². The molecule has 1 nitrogen and oxygen atoms in total. The number of fused-ring (bicyclic) bond motifs is 1. The lowest BCUT2D eigenvalue weighted by atomic mass is 9.88. The second-order valence-corrected chi connectivity index (χ2v) is 6.67. The monoisotopic (exact) mass is 277 g/mol. The summed E-state index contributed by atoms with van der Waals surface area (Å²) in [6.07, 6.45) is 9.19. The molecule has 2 aliphatic carbocycles. The van der Waals surface area contributed by atoms with Crippen LogP contribution in [-0.2, 0) is 19.4 Å². The van der Waals surface area contributed by atoms with Gasteiger partial charge in [-0.2, -0.15) is 0 Å². The van der Waals surface area contributed by atoms with Crippen LogP contribution in [0, 0.1) is 5.41 Å². The molecule has 0 heterocycles. The molecule has 2 heteroatoms. The Bertz CT molecular complexity index is 435. The largest absolute Gasteiger partial charge is 0.312 e. The molecule has 3 rings (SSSR count). The normalized spacial score (nSPS) is 20.7. The van der Waals surface area contributed by atoms with Crippen LogP contribution in [0.5, 0.6) is 0 Å². The van der Waals surface area contributed by atoms with Gasteiger partial charge < -0.3 is 5.32 Å². The highest BCUT2D eigenvalue weighted by Gasteiger charge is 2.32. The Morgan fingerprint density at radius 2 is 1.84 bits per heavy atom. The van der Waals surface area contributed by atoms with Crippen LogP contribution in [0.4, 0.5) is 0 Å². The van der Waals surface area contributed by atoms with Gasteiger partial charge in [-0.05, 0) is 54.2 Å². The second-order valence-electron chi connectivity index (χ2n) is 6.40. The molecule has 0 bridgehead atoms. The summed E-state index contributed by atoms with van der Waals surface area (Å²) < 4.78 is 0. The van der Waals surface area contributed by atoms with E-state index in [1.54, 1.807) is 11.1 Å². The molecule has 19 heavy (non-hydrogen) atoms. The first-order valence-electron chi connectivity index (χ1n) is 7.69. The molecule has 0 spiro atoms. The first-order chi connectivity index (χ1) is 9.31. The molecule has 1 fully saturated rings. The van der Waals surface area contributed by atoms with Gasteiger partial charge in [-0.1, -0.05) is 31.0 Å². The van der Waals surface area contributed by atoms with Gasteiger partial charge in [0.2, 0.25) is 0 Å². The van der Waals surface area contributed by atoms with Crippen molar-refractivity contribution in [3.05, 3.63) is 34.9 Å². The van der Waals surface area contributed by atoms with Crippen molar-refractivity contribution in [3.63, 3.8) is 0 Å². The predicted octanol–water partition coefficient (Wildman–Crippen LogP) is 4.06. The van der Waals surface area contributed by atoms with Crippen molar-refractivity contribution in [2.75, 3.05) is 12.4 Å². The van der Waals surface area contributed by atoms with Crippen LogP contribution in [0.3, 0.4) is 0 Å². The van der Waals surface area contributed by atoms with Crippen LogP contribution in [-0.4, -0.2) is 12.4 Å². The fraction of sp³-hybridized carbons (Fsp3) is 0.647. The lowest BCUT2D eigenvalue weighted by Gasteiger charge is -2.26. The summed E-state index contributed by atoms with van der Waals surface area (Å²) >= 11 is 6.18. The molecule has 1 aromatic rings. The first kappa shape index (κ1) is 13.5. The Morgan fingerprint density at radius 3 is 2.63 bits per heavy atom. The van der Waals surface area contributed by atoms with Crippen molar-refractivity contribution < 1.29 is 0 Å². The Hall–Kier alpha value is -0.530. The lowest BCUT2D eigenvalue weighted by Crippen LogP contribution is -2.33. The van der Waals surface area contributed by atoms with Crippen molar-refractivity contribution in [3.8, 4) is 0 Å². The molecule has 104 valence electrons. The van der Waals surface area contributed by atoms with Gasteiger partial charge in [0.1, 0.15) is 0 Å². The molecule has 1 saturated carbocycles. The van der Waals surface area contributed by atoms with Gasteiger partial charge in [-0.15, -0.1) is 11.6 Å². The van der Waals surface area contributed by atoms with E-state index in [1.165, 1.54) is 50.5 Å². The Labute approximate surface area is 121 Å². The zero-order chi connectivity index (χ0) is 13.1. The molecule has 1 N–H and O–H groups in total. The molecule has 2 aliphatic rings. The van der Waals surface area contributed by atoms with Crippen molar-refractivity contribution in [2.45, 2.75) is 51.5 Å². The molecule has 0 atom stereocenters. The minimum Gasteiger partial charge on any atom is -0.312 e. The fourth-order valence-corrected chi connectivity index (χ4v) is 4.05. The number of aryl methyl sites for hydroxylation is 2. The maximum Gasteiger partial charge on any atom is 0.0292 e. The van der Waals surface area contributed by atoms with E-state index in [1.807, 2.05) is 0 Å². The molecule has 0 saturated heterocycles. The smallest absolute Gasteiger partial charge is 0.0292 e. The molecule has 0 aliphatic heterocycles. The number of rotatable bonds is 5. The minimum atomic E-state index is 0.373. The summed E-state index contributed by atoms with van der Waals surface area (Å²) in [7, 11) is 0. The maximum absolute atomic E-state index is 6.18. The Balaban J connectivity index is 1.55. The van der Waals surface area contributed by atoms with Gasteiger partial charge in [-0.25, -0.2) is 0 Å². The first-order valence-corrected chi connectivity index (χ1v) is 8.22. The third-order valence-electron chi connectivity index (χ3n) is 4.94. The number of nitrogens with one attached hydrogen (secondary N) is 1. The van der Waals surface area contributed by atoms with E-state index >= 15 is 0 Å². The van der Waals surface area contributed by atoms with Crippen LogP contribution < -0.4 is 5.32 Å². The standard InChI is InChI=1S/C17H24ClN/c18-12-17(8-1-2-9-17)13-19-11-14-6-7-15-4-3-5-16(15)10-14/h6-7,10,19H,1-5,8-9,11-13H2. The third-order valence-corrected chi connectivity index (χ3v) is 5.51. The molecule has 0 unspecified atom stereocenters. The molecular weight excluding hydrogens is 254 g/mol. The quantitative estimate of drug-likeness (QED) is 0.800. The van der Waals surface area contributed by atoms with E-state index in [9.17, 15) is 0 Å². The summed E-state index contributed by atoms with van der Waals surface area (Å²) in [5.74, 6) is 0.810. The van der Waals surface area contributed by atoms with E-state index in [4.69, 9.17) is 11.6 Å². The summed E-state index contributed by atoms with van der Waals surface area (Å²) in [6.45, 7) is 2.07. The second kappa shape index (κ2) is 5.85. The van der Waals surface area contributed by atoms with E-state index in [2.05, 4.69) is 23.5 Å². The molecule has 0 radical (unpaired) electrons. The number of hydrogen-bond donors (Lipinski definition) is 1. The summed E-state index contributed by atoms with van der Waals surface area (Å²) in [4.78, 5) is 0. The zero-order valence-corrected chi connectivity index (χ0v) is 12.4. The van der Waals surface area contributed by atoms with Crippen molar-refractivity contribution in [1.29, 1.82) is 0 Å². The SMILES string of the molecule is ClCC1(CNCc2ccc3c(c2)CCC3)CCCC1. The summed E-state index contributed by atoms with van der Waals surface area (Å²) in [5.41, 5.74) is 4.95. The van der Waals surface area contributed by atoms with E-state index < -0.39 is 0 Å². The Morgan fingerprint density at radius 1 is 1.05 bits per heavy atom. The lowest BCUT2D eigenvalue weighted by molar-refractivity contribution is 0.320. The highest BCUT2D eigenvalue weighted by molar-refractivity contribution is 6.18. The minimum absolute atomic E-state index is 0.373. The zero-order valence-electron chi connectivity index (χ0n) is 11.7. The van der Waals surface area contributed by atoms with Crippen LogP contribution in [0.15, 0.2) is 18.2 Å². The van der Waals surface area contributed by atoms with E-state index in [0.29, 0.717) is 5.41 Å². The highest BCUT2D eigenvalue weighted by Crippen LogP contribution is 2.38. The number of halogens is 1. The van der Waals surface area contributed by atoms with Gasteiger partial charge in [0.25, 0.3) is 0 Å². The van der Waals surface area contributed by atoms with Crippen LogP contribution >= 0.6 is 11.6 Å². The summed E-state index contributed by atoms with van der Waals surface area (Å²) in [6, 6.07) is 7.02. The molecular formula is C17H24ClN. The maximum atomic E-state index is 6.18. The number of hydrogen-bond acceptors (Lipinski definition) is 1. The average Bonchev–Trinajstić information content (AvgIpc) is 3.07. The molecule has 0 aromatic heterocycles. The van der Waals surface area contributed by atoms with Crippen molar-refractivity contribution in [1.82, 2.24) is 5.32 Å². The molecule has 1 aromatic carbocycles. The number of alkyl halides is 1. The fourth-order valence-electron chi connectivity index (χ4n) is 3.69. The molecule has 0 amide bonds. The van der Waals surface area contributed by atoms with Crippen LogP contribution in [0.25, 0.3) is 0 Å². The Kier molecular flexibility index (Phi) is 4.14. The van der Waals surface area contributed by atoms with Gasteiger partial charge in [0.05, 0.1) is 0 Å². The van der Waals surface area contributed by atoms with Gasteiger partial charge in [-0.3, -0.25) is 0 Å². The van der Waals surface area contributed by atoms with Crippen molar-refractivity contribution >= 4 is 11.6 Å². The van der Waals surface area contributed by atoms with E-state index in [0.717, 1.165) is 19.0 Å². The summed E-state index contributed by atoms with van der Waals surface area (Å²) in [5, 5.41) is 3.64. The van der Waals surface area contributed by atoms with Gasteiger partial charge in [0.15, 0.2) is 0 Å². The topological polar surface area (TPSA) is 12.0 Å². The average molecular weight is 278 g/mol. The van der Waals surface area contributed by atoms with Crippen LogP contribution in [0.1, 0.15) is 48.8 Å². The van der Waals surface area contributed by atoms with Crippen LogP contribution in [0.2, 0.25) is 0 Å². The third kappa shape index (κ3) is 2.98. The predicted molar refractivity (Wildman–Crippen MR) is 81.8 cm³/mol.